The summed E-state index contributed by atoms with van der Waals surface area (Å²) in [4.78, 5) is 2.57. The molecule has 1 spiro atoms. The lowest BCUT2D eigenvalue weighted by atomic mass is 9.62. The van der Waals surface area contributed by atoms with Crippen LogP contribution in [-0.4, -0.2) is 6.04 Å². The quantitative estimate of drug-likeness (QED) is 0.151. The molecule has 1 fully saturated rings. The third-order valence-corrected chi connectivity index (χ3v) is 15.8. The molecule has 332 valence electrons. The standard InChI is InChI=1S/C67H53NO/c1-4-18-47(19-5-1)49-32-37-55(38-33-49)68(56-39-34-50(35-40-56)48-20-6-2-7-21-48)57-25-17-24-54(46-57)66(42-14-3-15-43-66)53-23-16-22-51(44-53)52-36-41-59-58-26-8-9-27-60(58)67(63(59)45-52)61-28-10-12-30-64(61)69-65-31-13-11-29-62(65)67/h1-2,4-13,16-41,44-45,57H,3,14-15,42-43,46H2. The van der Waals surface area contributed by atoms with Gasteiger partial charge in [0, 0.05) is 27.9 Å². The number of ether oxygens (including phenoxy) is 1. The van der Waals surface area contributed by atoms with Gasteiger partial charge < -0.3 is 9.64 Å². The van der Waals surface area contributed by atoms with Crippen LogP contribution in [0.4, 0.5) is 11.4 Å². The molecule has 3 aliphatic carbocycles. The second-order valence-corrected chi connectivity index (χ2v) is 19.4. The Kier molecular flexibility index (Phi) is 10.2. The number of anilines is 2. The van der Waals surface area contributed by atoms with E-state index in [1.54, 1.807) is 0 Å². The third kappa shape index (κ3) is 6.84. The van der Waals surface area contributed by atoms with E-state index >= 15 is 0 Å². The van der Waals surface area contributed by atoms with Crippen molar-refractivity contribution >= 4 is 11.4 Å². The van der Waals surface area contributed by atoms with Gasteiger partial charge >= 0.3 is 0 Å². The van der Waals surface area contributed by atoms with Gasteiger partial charge in [-0.1, -0.05) is 225 Å². The van der Waals surface area contributed by atoms with Gasteiger partial charge in [-0.25, -0.2) is 0 Å². The first-order valence-electron chi connectivity index (χ1n) is 24.9. The van der Waals surface area contributed by atoms with E-state index in [1.807, 2.05) is 0 Å². The molecular formula is C67H53NO. The first kappa shape index (κ1) is 41.3. The van der Waals surface area contributed by atoms with Crippen LogP contribution in [0.5, 0.6) is 11.5 Å². The molecule has 1 saturated carbocycles. The first-order valence-corrected chi connectivity index (χ1v) is 24.9. The van der Waals surface area contributed by atoms with E-state index in [4.69, 9.17) is 4.74 Å². The van der Waals surface area contributed by atoms with Gasteiger partial charge in [0.1, 0.15) is 11.5 Å². The monoisotopic (exact) mass is 887 g/mol. The SMILES string of the molecule is C1=CC(N(c2ccc(-c3ccccc3)cc2)c2ccc(-c3ccccc3)cc2)CC(C2(c3cccc(-c4ccc5c(c4)C4(c6ccccc6Oc6ccccc64)c4ccccc4-5)c3)CCCCC2)=C1. The molecule has 4 aliphatic rings. The van der Waals surface area contributed by atoms with Crippen molar-refractivity contribution in [3.63, 3.8) is 0 Å². The number of hydrogen-bond acceptors (Lipinski definition) is 2. The summed E-state index contributed by atoms with van der Waals surface area (Å²) >= 11 is 0. The fourth-order valence-corrected chi connectivity index (χ4v) is 12.6. The molecule has 69 heavy (non-hydrogen) atoms. The number of rotatable bonds is 8. The molecule has 0 saturated heterocycles. The number of nitrogens with zero attached hydrogens (tertiary/aromatic N) is 1. The van der Waals surface area contributed by atoms with Crippen LogP contribution in [0.3, 0.4) is 0 Å². The Morgan fingerprint density at radius 1 is 0.406 bits per heavy atom. The smallest absolute Gasteiger partial charge is 0.132 e. The molecule has 1 aliphatic heterocycles. The summed E-state index contributed by atoms with van der Waals surface area (Å²) in [7, 11) is 0. The number of allylic oxidation sites excluding steroid dienone is 2. The van der Waals surface area contributed by atoms with Crippen molar-refractivity contribution in [1.82, 2.24) is 0 Å². The summed E-state index contributed by atoms with van der Waals surface area (Å²) < 4.78 is 6.66. The molecule has 2 heteroatoms. The molecule has 13 rings (SSSR count). The van der Waals surface area contributed by atoms with Crippen molar-refractivity contribution in [2.45, 2.75) is 55.4 Å². The van der Waals surface area contributed by atoms with Crippen molar-refractivity contribution in [3.05, 3.63) is 276 Å². The van der Waals surface area contributed by atoms with Crippen molar-refractivity contribution in [2.24, 2.45) is 0 Å². The summed E-state index contributed by atoms with van der Waals surface area (Å²) in [5, 5.41) is 0. The average molecular weight is 888 g/mol. The van der Waals surface area contributed by atoms with Gasteiger partial charge in [0.15, 0.2) is 0 Å². The third-order valence-electron chi connectivity index (χ3n) is 15.8. The lowest BCUT2D eigenvalue weighted by molar-refractivity contribution is 0.329. The van der Waals surface area contributed by atoms with E-state index in [0.29, 0.717) is 0 Å². The normalized spacial score (nSPS) is 16.9. The van der Waals surface area contributed by atoms with Gasteiger partial charge in [-0.3, -0.25) is 0 Å². The van der Waals surface area contributed by atoms with Crippen LogP contribution in [0.25, 0.3) is 44.5 Å². The molecular weight excluding hydrogens is 835 g/mol. The largest absolute Gasteiger partial charge is 0.457 e. The van der Waals surface area contributed by atoms with E-state index in [1.165, 1.54) is 109 Å². The van der Waals surface area contributed by atoms with Gasteiger partial charge in [0.25, 0.3) is 0 Å². The Hall–Kier alpha value is -7.94. The number of fused-ring (bicyclic) bond motifs is 9. The molecule has 0 amide bonds. The van der Waals surface area contributed by atoms with Crippen LogP contribution in [0.2, 0.25) is 0 Å². The second-order valence-electron chi connectivity index (χ2n) is 19.4. The molecule has 0 bridgehead atoms. The fourth-order valence-electron chi connectivity index (χ4n) is 12.6. The van der Waals surface area contributed by atoms with Crippen LogP contribution in [-0.2, 0) is 10.8 Å². The predicted octanol–water partition coefficient (Wildman–Crippen LogP) is 17.5. The van der Waals surface area contributed by atoms with Crippen molar-refractivity contribution < 1.29 is 4.74 Å². The fraction of sp³-hybridized carbons (Fsp3) is 0.134. The average Bonchev–Trinajstić information content (AvgIpc) is 3.72. The first-order chi connectivity index (χ1) is 34.2. The molecule has 2 nitrogen and oxygen atoms in total. The van der Waals surface area contributed by atoms with Crippen LogP contribution in [0.1, 0.15) is 66.3 Å². The number of para-hydroxylation sites is 2. The highest BCUT2D eigenvalue weighted by Crippen LogP contribution is 2.62. The summed E-state index contributed by atoms with van der Waals surface area (Å²) in [6.07, 6.45) is 14.2. The highest BCUT2D eigenvalue weighted by Gasteiger charge is 2.51. The minimum Gasteiger partial charge on any atom is -0.457 e. The minimum absolute atomic E-state index is 0.0654. The van der Waals surface area contributed by atoms with E-state index in [9.17, 15) is 0 Å². The zero-order valence-electron chi connectivity index (χ0n) is 38.8. The van der Waals surface area contributed by atoms with Gasteiger partial charge in [-0.15, -0.1) is 0 Å². The Bertz CT molecular complexity index is 3280. The molecule has 0 radical (unpaired) electrons. The lowest BCUT2D eigenvalue weighted by Gasteiger charge is -2.44. The van der Waals surface area contributed by atoms with Gasteiger partial charge in [-0.05, 0) is 123 Å². The summed E-state index contributed by atoms with van der Waals surface area (Å²) in [5.74, 6) is 1.84. The Morgan fingerprint density at radius 3 is 1.55 bits per heavy atom. The predicted molar refractivity (Wildman–Crippen MR) is 286 cm³/mol. The number of benzene rings is 9. The zero-order chi connectivity index (χ0) is 45.8. The Labute approximate surface area is 406 Å². The minimum atomic E-state index is -0.501. The van der Waals surface area contributed by atoms with Crippen molar-refractivity contribution in [2.75, 3.05) is 4.90 Å². The maximum atomic E-state index is 6.66. The van der Waals surface area contributed by atoms with E-state index in [0.717, 1.165) is 30.8 Å². The van der Waals surface area contributed by atoms with E-state index in [-0.39, 0.29) is 11.5 Å². The van der Waals surface area contributed by atoms with Gasteiger partial charge in [0.2, 0.25) is 0 Å². The number of hydrogen-bond donors (Lipinski definition) is 0. The van der Waals surface area contributed by atoms with Crippen LogP contribution < -0.4 is 9.64 Å². The topological polar surface area (TPSA) is 12.5 Å². The maximum absolute atomic E-state index is 6.66. The van der Waals surface area contributed by atoms with Crippen molar-refractivity contribution in [3.8, 4) is 56.0 Å². The lowest BCUT2D eigenvalue weighted by Crippen LogP contribution is -2.38. The van der Waals surface area contributed by atoms with Gasteiger partial charge in [-0.2, -0.15) is 0 Å². The molecule has 0 N–H and O–H groups in total. The molecule has 1 unspecified atom stereocenters. The van der Waals surface area contributed by atoms with E-state index < -0.39 is 5.41 Å². The van der Waals surface area contributed by atoms with Crippen LogP contribution in [0.15, 0.2) is 248 Å². The van der Waals surface area contributed by atoms with Crippen LogP contribution >= 0.6 is 0 Å². The van der Waals surface area contributed by atoms with Gasteiger partial charge in [0.05, 0.1) is 11.5 Å². The van der Waals surface area contributed by atoms with Crippen LogP contribution in [0, 0.1) is 0 Å². The maximum Gasteiger partial charge on any atom is 0.132 e. The Morgan fingerprint density at radius 2 is 0.913 bits per heavy atom. The molecule has 9 aromatic carbocycles. The highest BCUT2D eigenvalue weighted by molar-refractivity contribution is 5.90. The highest BCUT2D eigenvalue weighted by atomic mass is 16.5. The molecule has 1 atom stereocenters. The second kappa shape index (κ2) is 17.0. The molecule has 0 aromatic heterocycles. The van der Waals surface area contributed by atoms with Crippen molar-refractivity contribution in [1.29, 1.82) is 0 Å². The van der Waals surface area contributed by atoms with E-state index in [2.05, 4.69) is 248 Å². The zero-order valence-corrected chi connectivity index (χ0v) is 38.8. The Balaban J connectivity index is 0.886. The summed E-state index contributed by atoms with van der Waals surface area (Å²) in [6, 6.07) is 83.2. The summed E-state index contributed by atoms with van der Waals surface area (Å²) in [6.45, 7) is 0. The molecule has 9 aromatic rings. The molecule has 1 heterocycles. The summed E-state index contributed by atoms with van der Waals surface area (Å²) in [5.41, 5.74) is 19.8.